The number of rotatable bonds is 2. The van der Waals surface area contributed by atoms with Gasteiger partial charge in [-0.2, -0.15) is 0 Å². The van der Waals surface area contributed by atoms with Crippen molar-refractivity contribution in [1.29, 1.82) is 0 Å². The van der Waals surface area contributed by atoms with Crippen molar-refractivity contribution in [3.8, 4) is 0 Å². The average molecular weight is 242 g/mol. The Hall–Kier alpha value is -1.37. The predicted octanol–water partition coefficient (Wildman–Crippen LogP) is 0.0479. The summed E-state index contributed by atoms with van der Waals surface area (Å²) in [6, 6.07) is 1.52. The van der Waals surface area contributed by atoms with E-state index in [1.807, 2.05) is 0 Å². The van der Waals surface area contributed by atoms with Crippen LogP contribution in [0.15, 0.2) is 12.4 Å². The summed E-state index contributed by atoms with van der Waals surface area (Å²) in [5.41, 5.74) is 5.51. The van der Waals surface area contributed by atoms with Crippen molar-refractivity contribution in [2.24, 2.45) is 0 Å². The molecule has 0 bridgehead atoms. The van der Waals surface area contributed by atoms with Crippen LogP contribution in [0.25, 0.3) is 0 Å². The Morgan fingerprint density at radius 1 is 1.44 bits per heavy atom. The molecule has 1 unspecified atom stereocenters. The molecule has 1 aliphatic rings. The first kappa shape index (κ1) is 11.1. The number of sulfone groups is 1. The number of anilines is 2. The minimum atomic E-state index is -2.90. The molecule has 1 atom stereocenters. The van der Waals surface area contributed by atoms with Gasteiger partial charge in [0, 0.05) is 12.1 Å². The van der Waals surface area contributed by atoms with Crippen molar-refractivity contribution in [2.45, 2.75) is 18.9 Å². The molecule has 0 aromatic carbocycles. The van der Waals surface area contributed by atoms with Crippen LogP contribution < -0.4 is 11.1 Å². The van der Waals surface area contributed by atoms with Crippen LogP contribution in [-0.2, 0) is 9.84 Å². The Balaban J connectivity index is 2.05. The van der Waals surface area contributed by atoms with Gasteiger partial charge in [-0.1, -0.05) is 0 Å². The van der Waals surface area contributed by atoms with Crippen LogP contribution >= 0.6 is 0 Å². The molecule has 1 saturated heterocycles. The second kappa shape index (κ2) is 4.25. The molecule has 0 amide bonds. The van der Waals surface area contributed by atoms with E-state index >= 15 is 0 Å². The fourth-order valence-electron chi connectivity index (χ4n) is 1.80. The standard InChI is InChI=1S/C9H14N4O2S/c10-8-4-9(12-6-11-8)13-7-2-1-3-16(14,15)5-7/h4,6-7H,1-3,5H2,(H3,10,11,12,13). The van der Waals surface area contributed by atoms with Crippen molar-refractivity contribution in [3.63, 3.8) is 0 Å². The molecular formula is C9H14N4O2S. The van der Waals surface area contributed by atoms with Crippen LogP contribution in [0.3, 0.4) is 0 Å². The van der Waals surface area contributed by atoms with Gasteiger partial charge in [-0.05, 0) is 12.8 Å². The van der Waals surface area contributed by atoms with Gasteiger partial charge in [0.15, 0.2) is 9.84 Å². The van der Waals surface area contributed by atoms with E-state index in [2.05, 4.69) is 15.3 Å². The van der Waals surface area contributed by atoms with E-state index in [0.717, 1.165) is 6.42 Å². The SMILES string of the molecule is Nc1cc(NC2CCCS(=O)(=O)C2)ncn1. The van der Waals surface area contributed by atoms with Gasteiger partial charge in [0.2, 0.25) is 0 Å². The molecule has 88 valence electrons. The first-order chi connectivity index (χ1) is 7.55. The maximum Gasteiger partial charge on any atom is 0.152 e. The van der Waals surface area contributed by atoms with Gasteiger partial charge < -0.3 is 11.1 Å². The molecule has 3 N–H and O–H groups in total. The predicted molar refractivity (Wildman–Crippen MR) is 61.7 cm³/mol. The number of nitrogen functional groups attached to an aromatic ring is 1. The maximum atomic E-state index is 11.4. The van der Waals surface area contributed by atoms with E-state index in [4.69, 9.17) is 5.73 Å². The van der Waals surface area contributed by atoms with Gasteiger partial charge in [-0.3, -0.25) is 0 Å². The second-order valence-corrected chi connectivity index (χ2v) is 6.15. The van der Waals surface area contributed by atoms with Crippen molar-refractivity contribution in [2.75, 3.05) is 22.6 Å². The number of nitrogens with two attached hydrogens (primary N) is 1. The quantitative estimate of drug-likeness (QED) is 0.760. The summed E-state index contributed by atoms with van der Waals surface area (Å²) in [7, 11) is -2.90. The molecule has 0 aliphatic carbocycles. The van der Waals surface area contributed by atoms with Crippen LogP contribution in [-0.4, -0.2) is 35.9 Å². The minimum Gasteiger partial charge on any atom is -0.384 e. The zero-order valence-corrected chi connectivity index (χ0v) is 9.57. The summed E-state index contributed by atoms with van der Waals surface area (Å²) in [6.45, 7) is 0. The molecule has 0 radical (unpaired) electrons. The lowest BCUT2D eigenvalue weighted by Gasteiger charge is -2.23. The molecule has 1 fully saturated rings. The van der Waals surface area contributed by atoms with Crippen LogP contribution in [0.1, 0.15) is 12.8 Å². The number of nitrogens with one attached hydrogen (secondary N) is 1. The van der Waals surface area contributed by atoms with E-state index in [1.165, 1.54) is 6.33 Å². The monoisotopic (exact) mass is 242 g/mol. The lowest BCUT2D eigenvalue weighted by atomic mass is 10.2. The Bertz CT molecular complexity index is 474. The Kier molecular flexibility index (Phi) is 2.95. The van der Waals surface area contributed by atoms with Crippen LogP contribution in [0.4, 0.5) is 11.6 Å². The summed E-state index contributed by atoms with van der Waals surface area (Å²) < 4.78 is 22.8. The van der Waals surface area contributed by atoms with Gasteiger partial charge >= 0.3 is 0 Å². The van der Waals surface area contributed by atoms with Gasteiger partial charge in [0.1, 0.15) is 18.0 Å². The van der Waals surface area contributed by atoms with Gasteiger partial charge in [0.05, 0.1) is 11.5 Å². The highest BCUT2D eigenvalue weighted by molar-refractivity contribution is 7.91. The molecular weight excluding hydrogens is 228 g/mol. The smallest absolute Gasteiger partial charge is 0.152 e. The fraction of sp³-hybridized carbons (Fsp3) is 0.556. The molecule has 1 aromatic heterocycles. The number of aromatic nitrogens is 2. The molecule has 16 heavy (non-hydrogen) atoms. The minimum absolute atomic E-state index is 0.0759. The molecule has 0 spiro atoms. The third-order valence-corrected chi connectivity index (χ3v) is 4.32. The lowest BCUT2D eigenvalue weighted by Crippen LogP contribution is -2.35. The van der Waals surface area contributed by atoms with E-state index in [-0.39, 0.29) is 17.5 Å². The molecule has 1 aliphatic heterocycles. The zero-order chi connectivity index (χ0) is 11.6. The van der Waals surface area contributed by atoms with Crippen molar-refractivity contribution in [1.82, 2.24) is 9.97 Å². The lowest BCUT2D eigenvalue weighted by molar-refractivity contribution is 0.561. The summed E-state index contributed by atoms with van der Waals surface area (Å²) in [6.07, 6.45) is 2.89. The fourth-order valence-corrected chi connectivity index (χ4v) is 3.43. The Labute approximate surface area is 94.2 Å². The highest BCUT2D eigenvalue weighted by Crippen LogP contribution is 2.16. The second-order valence-electron chi connectivity index (χ2n) is 3.93. The van der Waals surface area contributed by atoms with Gasteiger partial charge in [-0.25, -0.2) is 18.4 Å². The summed E-state index contributed by atoms with van der Waals surface area (Å²) in [5.74, 6) is 1.40. The highest BCUT2D eigenvalue weighted by atomic mass is 32.2. The summed E-state index contributed by atoms with van der Waals surface area (Å²) >= 11 is 0. The first-order valence-corrected chi connectivity index (χ1v) is 6.92. The van der Waals surface area contributed by atoms with E-state index in [0.29, 0.717) is 18.1 Å². The van der Waals surface area contributed by atoms with E-state index in [1.54, 1.807) is 6.07 Å². The summed E-state index contributed by atoms with van der Waals surface area (Å²) in [5, 5.41) is 3.07. The third-order valence-electron chi connectivity index (χ3n) is 2.50. The molecule has 2 heterocycles. The molecule has 1 aromatic rings. The molecule has 7 heteroatoms. The molecule has 0 saturated carbocycles. The molecule has 6 nitrogen and oxygen atoms in total. The maximum absolute atomic E-state index is 11.4. The summed E-state index contributed by atoms with van der Waals surface area (Å²) in [4.78, 5) is 7.75. The van der Waals surface area contributed by atoms with Crippen molar-refractivity contribution in [3.05, 3.63) is 12.4 Å². The largest absolute Gasteiger partial charge is 0.384 e. The zero-order valence-electron chi connectivity index (χ0n) is 8.76. The third kappa shape index (κ3) is 2.82. The van der Waals surface area contributed by atoms with Gasteiger partial charge in [-0.15, -0.1) is 0 Å². The topological polar surface area (TPSA) is 98.0 Å². The normalized spacial score (nSPS) is 23.9. The van der Waals surface area contributed by atoms with Crippen molar-refractivity contribution < 1.29 is 8.42 Å². The molecule has 2 rings (SSSR count). The van der Waals surface area contributed by atoms with Crippen LogP contribution in [0.2, 0.25) is 0 Å². The van der Waals surface area contributed by atoms with Crippen LogP contribution in [0.5, 0.6) is 0 Å². The van der Waals surface area contributed by atoms with Crippen molar-refractivity contribution >= 4 is 21.5 Å². The number of hydrogen-bond donors (Lipinski definition) is 2. The first-order valence-electron chi connectivity index (χ1n) is 5.10. The highest BCUT2D eigenvalue weighted by Gasteiger charge is 2.24. The Morgan fingerprint density at radius 3 is 2.94 bits per heavy atom. The van der Waals surface area contributed by atoms with E-state index < -0.39 is 9.84 Å². The Morgan fingerprint density at radius 2 is 2.25 bits per heavy atom. The van der Waals surface area contributed by atoms with Gasteiger partial charge in [0.25, 0.3) is 0 Å². The van der Waals surface area contributed by atoms with E-state index in [9.17, 15) is 8.42 Å². The number of nitrogens with zero attached hydrogens (tertiary/aromatic N) is 2. The van der Waals surface area contributed by atoms with Crippen LogP contribution in [0, 0.1) is 0 Å². The average Bonchev–Trinajstić information content (AvgIpc) is 2.15. The number of hydrogen-bond acceptors (Lipinski definition) is 6.